The van der Waals surface area contributed by atoms with Crippen molar-refractivity contribution in [3.05, 3.63) is 45.6 Å². The minimum atomic E-state index is -0.229. The van der Waals surface area contributed by atoms with E-state index < -0.39 is 0 Å². The minimum Gasteiger partial charge on any atom is -0.207 e. The summed E-state index contributed by atoms with van der Waals surface area (Å²) in [7, 11) is 0. The number of rotatable bonds is 3. The SMILES string of the molecule is Cc1cccc(F)c1CCN=[N+]=[N-]. The lowest BCUT2D eigenvalue weighted by Crippen LogP contribution is -1.96. The third-order valence-electron chi connectivity index (χ3n) is 1.88. The highest BCUT2D eigenvalue weighted by atomic mass is 19.1. The van der Waals surface area contributed by atoms with E-state index in [2.05, 4.69) is 10.0 Å². The number of aryl methyl sites for hydroxylation is 1. The number of nitrogens with zero attached hydrogens (tertiary/aromatic N) is 3. The molecule has 0 saturated heterocycles. The first-order chi connectivity index (χ1) is 6.25. The predicted octanol–water partition coefficient (Wildman–Crippen LogP) is 2.99. The second-order valence-corrected chi connectivity index (χ2v) is 2.74. The molecule has 0 N–H and O–H groups in total. The third-order valence-corrected chi connectivity index (χ3v) is 1.88. The van der Waals surface area contributed by atoms with Crippen molar-refractivity contribution in [2.45, 2.75) is 13.3 Å². The van der Waals surface area contributed by atoms with Gasteiger partial charge in [-0.25, -0.2) is 4.39 Å². The second-order valence-electron chi connectivity index (χ2n) is 2.74. The van der Waals surface area contributed by atoms with E-state index >= 15 is 0 Å². The van der Waals surface area contributed by atoms with E-state index in [0.717, 1.165) is 5.56 Å². The molecule has 13 heavy (non-hydrogen) atoms. The normalized spacial score (nSPS) is 9.38. The predicted molar refractivity (Wildman–Crippen MR) is 48.9 cm³/mol. The molecule has 0 atom stereocenters. The quantitative estimate of drug-likeness (QED) is 0.389. The fourth-order valence-electron chi connectivity index (χ4n) is 1.19. The summed E-state index contributed by atoms with van der Waals surface area (Å²) in [6.45, 7) is 2.15. The molecule has 0 fully saturated rings. The first kappa shape index (κ1) is 9.55. The molecular weight excluding hydrogens is 169 g/mol. The lowest BCUT2D eigenvalue weighted by Gasteiger charge is -2.03. The van der Waals surface area contributed by atoms with Gasteiger partial charge in [-0.2, -0.15) is 0 Å². The van der Waals surface area contributed by atoms with Gasteiger partial charge in [-0.15, -0.1) is 0 Å². The van der Waals surface area contributed by atoms with Crippen molar-refractivity contribution >= 4 is 0 Å². The highest BCUT2D eigenvalue weighted by Gasteiger charge is 2.03. The monoisotopic (exact) mass is 179 g/mol. The van der Waals surface area contributed by atoms with Crippen LogP contribution in [0.5, 0.6) is 0 Å². The zero-order chi connectivity index (χ0) is 9.68. The minimum absolute atomic E-state index is 0.229. The lowest BCUT2D eigenvalue weighted by molar-refractivity contribution is 0.607. The zero-order valence-corrected chi connectivity index (χ0v) is 7.37. The number of halogens is 1. The molecule has 0 amide bonds. The molecule has 68 valence electrons. The van der Waals surface area contributed by atoms with Crippen molar-refractivity contribution in [2.75, 3.05) is 6.54 Å². The second kappa shape index (κ2) is 4.48. The van der Waals surface area contributed by atoms with E-state index in [4.69, 9.17) is 5.53 Å². The highest BCUT2D eigenvalue weighted by Crippen LogP contribution is 2.12. The topological polar surface area (TPSA) is 48.8 Å². The fraction of sp³-hybridized carbons (Fsp3) is 0.333. The molecule has 0 unspecified atom stereocenters. The van der Waals surface area contributed by atoms with Gasteiger partial charge in [0.15, 0.2) is 0 Å². The fourth-order valence-corrected chi connectivity index (χ4v) is 1.19. The van der Waals surface area contributed by atoms with Crippen LogP contribution in [-0.2, 0) is 6.42 Å². The Balaban J connectivity index is 2.80. The Labute approximate surface area is 75.8 Å². The van der Waals surface area contributed by atoms with Gasteiger partial charge in [-0.05, 0) is 36.1 Å². The first-order valence-electron chi connectivity index (χ1n) is 4.00. The summed E-state index contributed by atoms with van der Waals surface area (Å²) >= 11 is 0. The van der Waals surface area contributed by atoms with E-state index in [-0.39, 0.29) is 5.82 Å². The summed E-state index contributed by atoms with van der Waals surface area (Å²) in [4.78, 5) is 2.61. The number of azide groups is 1. The van der Waals surface area contributed by atoms with E-state index in [1.54, 1.807) is 6.07 Å². The number of hydrogen-bond acceptors (Lipinski definition) is 1. The molecule has 0 heterocycles. The maximum atomic E-state index is 13.1. The molecule has 0 spiro atoms. The lowest BCUT2D eigenvalue weighted by atomic mass is 10.1. The summed E-state index contributed by atoms with van der Waals surface area (Å²) in [6, 6.07) is 4.93. The molecule has 1 aromatic rings. The number of hydrogen-bond donors (Lipinski definition) is 0. The van der Waals surface area contributed by atoms with Crippen molar-refractivity contribution in [1.82, 2.24) is 0 Å². The summed E-state index contributed by atoms with van der Waals surface area (Å²) in [5.41, 5.74) is 9.58. The van der Waals surface area contributed by atoms with Crippen molar-refractivity contribution in [2.24, 2.45) is 5.11 Å². The van der Waals surface area contributed by atoms with Gasteiger partial charge in [-0.3, -0.25) is 0 Å². The molecule has 1 rings (SSSR count). The van der Waals surface area contributed by atoms with Crippen LogP contribution in [0.2, 0.25) is 0 Å². The summed E-state index contributed by atoms with van der Waals surface area (Å²) in [5, 5.41) is 3.36. The van der Waals surface area contributed by atoms with Gasteiger partial charge >= 0.3 is 0 Å². The Morgan fingerprint density at radius 2 is 2.31 bits per heavy atom. The Morgan fingerprint density at radius 1 is 1.54 bits per heavy atom. The number of benzene rings is 1. The smallest absolute Gasteiger partial charge is 0.126 e. The maximum Gasteiger partial charge on any atom is 0.126 e. The molecule has 4 heteroatoms. The molecule has 0 aliphatic rings. The van der Waals surface area contributed by atoms with Crippen LogP contribution in [0.4, 0.5) is 4.39 Å². The van der Waals surface area contributed by atoms with Crippen LogP contribution in [0.3, 0.4) is 0 Å². The standard InChI is InChI=1S/C9H10FN3/c1-7-3-2-4-9(10)8(7)5-6-12-13-11/h2-4H,5-6H2,1H3. The Hall–Kier alpha value is -1.54. The highest BCUT2D eigenvalue weighted by molar-refractivity contribution is 5.27. The van der Waals surface area contributed by atoms with Crippen LogP contribution in [0.15, 0.2) is 23.3 Å². The molecule has 0 aliphatic heterocycles. The summed E-state index contributed by atoms with van der Waals surface area (Å²) in [5.74, 6) is -0.229. The summed E-state index contributed by atoms with van der Waals surface area (Å²) < 4.78 is 13.1. The first-order valence-corrected chi connectivity index (χ1v) is 4.00. The molecule has 0 aromatic heterocycles. The summed E-state index contributed by atoms with van der Waals surface area (Å²) in [6.07, 6.45) is 0.461. The van der Waals surface area contributed by atoms with E-state index in [1.807, 2.05) is 13.0 Å². The Bertz CT molecular complexity index is 322. The maximum absolute atomic E-state index is 13.1. The van der Waals surface area contributed by atoms with Crippen LogP contribution in [0.1, 0.15) is 11.1 Å². The van der Waals surface area contributed by atoms with Gasteiger partial charge in [0.05, 0.1) is 0 Å². The van der Waals surface area contributed by atoms with Crippen LogP contribution in [0.25, 0.3) is 10.4 Å². The third kappa shape index (κ3) is 2.46. The Morgan fingerprint density at radius 3 is 2.92 bits per heavy atom. The molecule has 0 aliphatic carbocycles. The zero-order valence-electron chi connectivity index (χ0n) is 7.37. The van der Waals surface area contributed by atoms with Gasteiger partial charge in [0, 0.05) is 11.5 Å². The van der Waals surface area contributed by atoms with E-state index in [9.17, 15) is 4.39 Å². The van der Waals surface area contributed by atoms with Crippen molar-refractivity contribution in [3.63, 3.8) is 0 Å². The molecule has 0 saturated carbocycles. The molecular formula is C9H10FN3. The van der Waals surface area contributed by atoms with Gasteiger partial charge in [0.2, 0.25) is 0 Å². The van der Waals surface area contributed by atoms with Gasteiger partial charge in [0.1, 0.15) is 5.82 Å². The molecule has 0 radical (unpaired) electrons. The van der Waals surface area contributed by atoms with Crippen molar-refractivity contribution in [3.8, 4) is 0 Å². The average molecular weight is 179 g/mol. The van der Waals surface area contributed by atoms with Crippen molar-refractivity contribution in [1.29, 1.82) is 0 Å². The van der Waals surface area contributed by atoms with Gasteiger partial charge in [0.25, 0.3) is 0 Å². The average Bonchev–Trinajstić information content (AvgIpc) is 2.10. The van der Waals surface area contributed by atoms with Crippen LogP contribution in [-0.4, -0.2) is 6.54 Å². The molecule has 3 nitrogen and oxygen atoms in total. The molecule has 0 bridgehead atoms. The van der Waals surface area contributed by atoms with E-state index in [0.29, 0.717) is 18.5 Å². The molecule has 1 aromatic carbocycles. The Kier molecular flexibility index (Phi) is 3.29. The van der Waals surface area contributed by atoms with Gasteiger partial charge in [-0.1, -0.05) is 17.2 Å². The van der Waals surface area contributed by atoms with Gasteiger partial charge < -0.3 is 0 Å². The van der Waals surface area contributed by atoms with Crippen LogP contribution < -0.4 is 0 Å². The largest absolute Gasteiger partial charge is 0.207 e. The van der Waals surface area contributed by atoms with Crippen LogP contribution >= 0.6 is 0 Å². The van der Waals surface area contributed by atoms with E-state index in [1.165, 1.54) is 6.07 Å². The van der Waals surface area contributed by atoms with Crippen LogP contribution in [0, 0.1) is 12.7 Å². The van der Waals surface area contributed by atoms with Crippen molar-refractivity contribution < 1.29 is 4.39 Å².